The number of hydrogen-bond acceptors (Lipinski definition) is 3. The van der Waals surface area contributed by atoms with Gasteiger partial charge in [-0.3, -0.25) is 4.79 Å². The second-order valence-electron chi connectivity index (χ2n) is 8.06. The molecular formula is C27H24N4O2. The first-order valence-corrected chi connectivity index (χ1v) is 10.6. The molecule has 1 atom stereocenters. The van der Waals surface area contributed by atoms with Crippen molar-refractivity contribution in [2.75, 3.05) is 5.32 Å². The van der Waals surface area contributed by atoms with Crippen LogP contribution in [0.4, 0.5) is 11.4 Å². The molecule has 4 rings (SSSR count). The molecule has 33 heavy (non-hydrogen) atoms. The highest BCUT2D eigenvalue weighted by molar-refractivity contribution is 6.03. The summed E-state index contributed by atoms with van der Waals surface area (Å²) in [4.78, 5) is 16.6. The number of benzene rings is 3. The topological polar surface area (TPSA) is 71.5 Å². The van der Waals surface area contributed by atoms with Crippen LogP contribution in [0.2, 0.25) is 0 Å². The fraction of sp³-hybridized carbons (Fsp3) is 0.148. The molecule has 3 aromatic carbocycles. The summed E-state index contributed by atoms with van der Waals surface area (Å²) in [5, 5.41) is 18.3. The van der Waals surface area contributed by atoms with Crippen molar-refractivity contribution in [2.24, 2.45) is 0 Å². The van der Waals surface area contributed by atoms with Crippen molar-refractivity contribution in [3.8, 4) is 5.69 Å². The van der Waals surface area contributed by atoms with Gasteiger partial charge in [-0.05, 0) is 67.8 Å². The van der Waals surface area contributed by atoms with Gasteiger partial charge in [0.15, 0.2) is 5.69 Å². The van der Waals surface area contributed by atoms with Gasteiger partial charge in [-0.2, -0.15) is 5.10 Å². The molecule has 0 saturated heterocycles. The van der Waals surface area contributed by atoms with Gasteiger partial charge in [0.2, 0.25) is 0 Å². The molecule has 164 valence electrons. The van der Waals surface area contributed by atoms with Gasteiger partial charge in [-0.25, -0.2) is 9.53 Å². The summed E-state index contributed by atoms with van der Waals surface area (Å²) in [7, 11) is 0. The number of amides is 1. The Labute approximate surface area is 193 Å². The third-order valence-electron chi connectivity index (χ3n) is 5.46. The highest BCUT2D eigenvalue weighted by Gasteiger charge is 2.18. The van der Waals surface area contributed by atoms with Crippen LogP contribution >= 0.6 is 0 Å². The first-order valence-electron chi connectivity index (χ1n) is 10.6. The van der Waals surface area contributed by atoms with E-state index in [2.05, 4.69) is 15.3 Å². The first kappa shape index (κ1) is 22.0. The molecule has 0 saturated carbocycles. The molecular weight excluding hydrogens is 412 g/mol. The maximum absolute atomic E-state index is 13.1. The molecule has 0 spiro atoms. The number of aliphatic hydroxyl groups is 1. The lowest BCUT2D eigenvalue weighted by molar-refractivity contribution is 0.101. The molecule has 0 aliphatic carbocycles. The van der Waals surface area contributed by atoms with E-state index in [1.807, 2.05) is 45.0 Å². The Hall–Kier alpha value is -4.21. The number of carbonyl (C=O) groups excluding carboxylic acids is 1. The van der Waals surface area contributed by atoms with Crippen LogP contribution in [-0.4, -0.2) is 20.8 Å². The van der Waals surface area contributed by atoms with Gasteiger partial charge in [-0.15, -0.1) is 0 Å². The van der Waals surface area contributed by atoms with E-state index in [-0.39, 0.29) is 5.91 Å². The molecule has 1 unspecified atom stereocenters. The Morgan fingerprint density at radius 2 is 1.82 bits per heavy atom. The summed E-state index contributed by atoms with van der Waals surface area (Å²) in [6, 6.07) is 21.9. The van der Waals surface area contributed by atoms with E-state index in [1.165, 1.54) is 4.68 Å². The lowest BCUT2D eigenvalue weighted by atomic mass is 9.95. The molecule has 0 radical (unpaired) electrons. The largest absolute Gasteiger partial charge is 0.384 e. The number of nitrogens with one attached hydrogen (secondary N) is 1. The number of rotatable bonds is 5. The minimum absolute atomic E-state index is 0.331. The van der Waals surface area contributed by atoms with Gasteiger partial charge in [0.1, 0.15) is 11.8 Å². The number of aryl methyl sites for hydroxylation is 3. The van der Waals surface area contributed by atoms with Crippen LogP contribution in [-0.2, 0) is 0 Å². The molecule has 1 aromatic heterocycles. The number of aromatic nitrogens is 2. The molecule has 1 heterocycles. The normalized spacial score (nSPS) is 11.6. The number of hydrogen-bond donors (Lipinski definition) is 2. The zero-order valence-corrected chi connectivity index (χ0v) is 18.7. The van der Waals surface area contributed by atoms with Crippen molar-refractivity contribution in [3.05, 3.63) is 118 Å². The van der Waals surface area contributed by atoms with Crippen molar-refractivity contribution >= 4 is 17.3 Å². The fourth-order valence-electron chi connectivity index (χ4n) is 3.77. The summed E-state index contributed by atoms with van der Waals surface area (Å²) < 4.78 is 1.54. The zero-order chi connectivity index (χ0) is 23.5. The van der Waals surface area contributed by atoms with Crippen LogP contribution in [0, 0.1) is 27.3 Å². The molecule has 6 heteroatoms. The molecule has 0 aliphatic heterocycles. The summed E-state index contributed by atoms with van der Waals surface area (Å²) >= 11 is 0. The van der Waals surface area contributed by atoms with Crippen LogP contribution in [0.3, 0.4) is 0 Å². The van der Waals surface area contributed by atoms with Crippen LogP contribution in [0.25, 0.3) is 10.5 Å². The van der Waals surface area contributed by atoms with E-state index >= 15 is 0 Å². The Balaban J connectivity index is 1.62. The minimum atomic E-state index is -0.800. The van der Waals surface area contributed by atoms with Crippen molar-refractivity contribution < 1.29 is 9.90 Å². The summed E-state index contributed by atoms with van der Waals surface area (Å²) in [5.74, 6) is -0.331. The monoisotopic (exact) mass is 436 g/mol. The second kappa shape index (κ2) is 9.11. The van der Waals surface area contributed by atoms with Crippen molar-refractivity contribution in [2.45, 2.75) is 26.9 Å². The molecule has 0 fully saturated rings. The zero-order valence-electron chi connectivity index (χ0n) is 18.7. The second-order valence-corrected chi connectivity index (χ2v) is 8.06. The third-order valence-corrected chi connectivity index (χ3v) is 5.46. The Morgan fingerprint density at radius 3 is 2.61 bits per heavy atom. The standard InChI is InChI=1S/C27H24N4O2/c1-17-11-12-18(2)24(13-17)26(32)20-7-5-9-22(15-20)29-27(33)25-14-19(3)30-31(25)23-10-6-8-21(16-23)28-4/h5-16,26,32H,1-3H3,(H,29,33). The van der Waals surface area contributed by atoms with Crippen LogP contribution in [0.1, 0.15) is 44.5 Å². The number of carbonyl (C=O) groups is 1. The maximum Gasteiger partial charge on any atom is 0.274 e. The van der Waals surface area contributed by atoms with Gasteiger partial charge < -0.3 is 10.4 Å². The summed E-state index contributed by atoms with van der Waals surface area (Å²) in [5.41, 5.74) is 6.34. The quantitative estimate of drug-likeness (QED) is 0.395. The smallest absolute Gasteiger partial charge is 0.274 e. The average Bonchev–Trinajstić information content (AvgIpc) is 3.22. The van der Waals surface area contributed by atoms with E-state index in [0.717, 1.165) is 16.7 Å². The van der Waals surface area contributed by atoms with Gasteiger partial charge >= 0.3 is 0 Å². The first-order chi connectivity index (χ1) is 15.9. The van der Waals surface area contributed by atoms with Gasteiger partial charge in [-0.1, -0.05) is 48.0 Å². The van der Waals surface area contributed by atoms with Gasteiger partial charge in [0.25, 0.3) is 5.91 Å². The summed E-state index contributed by atoms with van der Waals surface area (Å²) in [6.45, 7) is 13.0. The number of nitrogens with zero attached hydrogens (tertiary/aromatic N) is 3. The fourth-order valence-corrected chi connectivity index (χ4v) is 3.77. The number of anilines is 1. The molecule has 0 aliphatic rings. The van der Waals surface area contributed by atoms with Crippen molar-refractivity contribution in [3.63, 3.8) is 0 Å². The number of aliphatic hydroxyl groups excluding tert-OH is 1. The SMILES string of the molecule is [C-]#[N+]c1cccc(-n2nc(C)cc2C(=O)Nc2cccc(C(O)c3cc(C)ccc3C)c2)c1. The van der Waals surface area contributed by atoms with Crippen LogP contribution < -0.4 is 5.32 Å². The van der Waals surface area contributed by atoms with Crippen molar-refractivity contribution in [1.82, 2.24) is 9.78 Å². The van der Waals surface area contributed by atoms with Gasteiger partial charge in [0.05, 0.1) is 18.0 Å². The maximum atomic E-state index is 13.1. The van der Waals surface area contributed by atoms with E-state index in [0.29, 0.717) is 34.0 Å². The Bertz CT molecular complexity index is 1380. The molecule has 6 nitrogen and oxygen atoms in total. The van der Waals surface area contributed by atoms with Crippen molar-refractivity contribution in [1.29, 1.82) is 0 Å². The lowest BCUT2D eigenvalue weighted by Crippen LogP contribution is -2.17. The highest BCUT2D eigenvalue weighted by atomic mass is 16.3. The molecule has 1 amide bonds. The minimum Gasteiger partial charge on any atom is -0.384 e. The predicted molar refractivity (Wildman–Crippen MR) is 129 cm³/mol. The lowest BCUT2D eigenvalue weighted by Gasteiger charge is -2.16. The van der Waals surface area contributed by atoms with E-state index in [9.17, 15) is 9.90 Å². The highest BCUT2D eigenvalue weighted by Crippen LogP contribution is 2.28. The average molecular weight is 437 g/mol. The predicted octanol–water partition coefficient (Wildman–Crippen LogP) is 5.68. The third kappa shape index (κ3) is 4.69. The molecule has 2 N–H and O–H groups in total. The van der Waals surface area contributed by atoms with Gasteiger partial charge in [0, 0.05) is 5.69 Å². The summed E-state index contributed by atoms with van der Waals surface area (Å²) in [6.07, 6.45) is -0.800. The van der Waals surface area contributed by atoms with E-state index < -0.39 is 6.10 Å². The van der Waals surface area contributed by atoms with E-state index in [4.69, 9.17) is 6.57 Å². The molecule has 0 bridgehead atoms. The van der Waals surface area contributed by atoms with Crippen LogP contribution in [0.5, 0.6) is 0 Å². The van der Waals surface area contributed by atoms with Crippen LogP contribution in [0.15, 0.2) is 72.8 Å². The Kier molecular flexibility index (Phi) is 6.07. The molecule has 4 aromatic rings. The van der Waals surface area contributed by atoms with E-state index in [1.54, 1.807) is 48.5 Å². The Morgan fingerprint density at radius 1 is 1.03 bits per heavy atom.